The zero-order valence-electron chi connectivity index (χ0n) is 15.5. The van der Waals surface area contributed by atoms with Gasteiger partial charge in [0.05, 0.1) is 24.1 Å². The van der Waals surface area contributed by atoms with E-state index in [9.17, 15) is 9.59 Å². The smallest absolute Gasteiger partial charge is 0.276 e. The van der Waals surface area contributed by atoms with Crippen LogP contribution in [0, 0.1) is 0 Å². The van der Waals surface area contributed by atoms with E-state index in [1.165, 1.54) is 23.1 Å². The number of thioether (sulfide) groups is 1. The van der Waals surface area contributed by atoms with Crippen LogP contribution in [0.4, 0.5) is 5.69 Å². The number of benzene rings is 2. The van der Waals surface area contributed by atoms with Gasteiger partial charge in [-0.15, -0.1) is 11.3 Å². The van der Waals surface area contributed by atoms with Gasteiger partial charge in [-0.2, -0.15) is 0 Å². The highest BCUT2D eigenvalue weighted by Crippen LogP contribution is 2.24. The number of hydrogen-bond donors (Lipinski definition) is 1. The average Bonchev–Trinajstić information content (AvgIpc) is 3.22. The van der Waals surface area contributed by atoms with Crippen molar-refractivity contribution in [2.45, 2.75) is 5.16 Å². The van der Waals surface area contributed by atoms with Gasteiger partial charge >= 0.3 is 0 Å². The minimum absolute atomic E-state index is 0.126. The van der Waals surface area contributed by atoms with Crippen molar-refractivity contribution in [1.29, 1.82) is 0 Å². The van der Waals surface area contributed by atoms with Crippen molar-refractivity contribution in [3.63, 3.8) is 0 Å². The molecular weight excluding hydrogens is 406 g/mol. The predicted molar refractivity (Wildman–Crippen MR) is 118 cm³/mol. The van der Waals surface area contributed by atoms with Crippen LogP contribution in [0.2, 0.25) is 0 Å². The molecule has 0 bridgehead atoms. The molecule has 2 aromatic heterocycles. The van der Waals surface area contributed by atoms with Gasteiger partial charge in [0.1, 0.15) is 10.4 Å². The molecule has 2 aromatic carbocycles. The molecule has 1 amide bonds. The molecule has 4 rings (SSSR count). The van der Waals surface area contributed by atoms with Crippen LogP contribution in [0.25, 0.3) is 15.9 Å². The molecule has 4 aromatic rings. The Bertz CT molecular complexity index is 1200. The normalized spacial score (nSPS) is 10.8. The molecule has 2 heterocycles. The van der Waals surface area contributed by atoms with Crippen molar-refractivity contribution in [2.24, 2.45) is 0 Å². The van der Waals surface area contributed by atoms with Crippen LogP contribution in [-0.4, -0.2) is 28.3 Å². The second kappa shape index (κ2) is 8.50. The third-order valence-electron chi connectivity index (χ3n) is 4.17. The van der Waals surface area contributed by atoms with E-state index in [0.717, 1.165) is 11.4 Å². The van der Waals surface area contributed by atoms with E-state index in [1.807, 2.05) is 41.8 Å². The van der Waals surface area contributed by atoms with Crippen LogP contribution in [0.3, 0.4) is 0 Å². The number of amides is 1. The first-order valence-corrected chi connectivity index (χ1v) is 10.6. The lowest BCUT2D eigenvalue weighted by Crippen LogP contribution is -2.22. The monoisotopic (exact) mass is 423 g/mol. The molecule has 0 aliphatic rings. The lowest BCUT2D eigenvalue weighted by Gasteiger charge is -2.12. The lowest BCUT2D eigenvalue weighted by atomic mass is 10.3. The molecule has 0 saturated carbocycles. The highest BCUT2D eigenvalue weighted by molar-refractivity contribution is 7.99. The molecular formula is C21H17N3O3S2. The summed E-state index contributed by atoms with van der Waals surface area (Å²) >= 11 is 2.60. The van der Waals surface area contributed by atoms with Crippen LogP contribution in [0.5, 0.6) is 5.75 Å². The number of aromatic nitrogens is 2. The van der Waals surface area contributed by atoms with Gasteiger partial charge < -0.3 is 10.1 Å². The van der Waals surface area contributed by atoms with Crippen LogP contribution in [-0.2, 0) is 4.79 Å². The third kappa shape index (κ3) is 4.18. The average molecular weight is 424 g/mol. The van der Waals surface area contributed by atoms with E-state index in [1.54, 1.807) is 35.9 Å². The van der Waals surface area contributed by atoms with Crippen LogP contribution in [0.1, 0.15) is 0 Å². The Hall–Kier alpha value is -3.10. The number of methoxy groups -OCH3 is 1. The number of carbonyl (C=O) groups excluding carboxylic acids is 1. The first-order valence-electron chi connectivity index (χ1n) is 8.78. The number of rotatable bonds is 6. The van der Waals surface area contributed by atoms with Gasteiger partial charge in [-0.1, -0.05) is 30.0 Å². The molecule has 0 atom stereocenters. The summed E-state index contributed by atoms with van der Waals surface area (Å²) in [6.07, 6.45) is 0. The fourth-order valence-electron chi connectivity index (χ4n) is 2.80. The molecule has 0 saturated heterocycles. The summed E-state index contributed by atoms with van der Waals surface area (Å²) < 4.78 is 7.28. The Morgan fingerprint density at radius 3 is 2.62 bits per heavy atom. The number of hydrogen-bond acceptors (Lipinski definition) is 6. The van der Waals surface area contributed by atoms with Gasteiger partial charge in [-0.25, -0.2) is 4.98 Å². The molecule has 146 valence electrons. The summed E-state index contributed by atoms with van der Waals surface area (Å²) in [5, 5.41) is 5.17. The van der Waals surface area contributed by atoms with E-state index >= 15 is 0 Å². The van der Waals surface area contributed by atoms with Gasteiger partial charge in [0, 0.05) is 5.69 Å². The largest absolute Gasteiger partial charge is 0.497 e. The van der Waals surface area contributed by atoms with E-state index in [-0.39, 0.29) is 17.2 Å². The van der Waals surface area contributed by atoms with E-state index in [2.05, 4.69) is 10.3 Å². The van der Waals surface area contributed by atoms with Crippen LogP contribution >= 0.6 is 23.1 Å². The number of nitrogens with zero attached hydrogens (tertiary/aromatic N) is 2. The van der Waals surface area contributed by atoms with Gasteiger partial charge in [0.2, 0.25) is 5.91 Å². The fourth-order valence-corrected chi connectivity index (χ4v) is 4.37. The maximum atomic E-state index is 13.0. The molecule has 6 nitrogen and oxygen atoms in total. The van der Waals surface area contributed by atoms with Crippen LogP contribution < -0.4 is 15.6 Å². The molecule has 1 N–H and O–H groups in total. The van der Waals surface area contributed by atoms with Gasteiger partial charge in [-0.05, 0) is 47.8 Å². The molecule has 0 spiro atoms. The van der Waals surface area contributed by atoms with E-state index < -0.39 is 0 Å². The summed E-state index contributed by atoms with van der Waals surface area (Å²) in [6.45, 7) is 0. The second-order valence-corrected chi connectivity index (χ2v) is 7.93. The maximum Gasteiger partial charge on any atom is 0.276 e. The van der Waals surface area contributed by atoms with Gasteiger partial charge in [-0.3, -0.25) is 14.2 Å². The number of anilines is 1. The number of fused-ring (bicyclic) bond motifs is 1. The van der Waals surface area contributed by atoms with Crippen molar-refractivity contribution >= 4 is 44.9 Å². The highest BCUT2D eigenvalue weighted by Gasteiger charge is 2.15. The fraction of sp³-hybridized carbons (Fsp3) is 0.0952. The number of nitrogens with one attached hydrogen (secondary N) is 1. The van der Waals surface area contributed by atoms with E-state index in [0.29, 0.717) is 21.1 Å². The Kier molecular flexibility index (Phi) is 5.64. The zero-order valence-corrected chi connectivity index (χ0v) is 17.1. The van der Waals surface area contributed by atoms with Crippen molar-refractivity contribution in [3.05, 3.63) is 76.4 Å². The summed E-state index contributed by atoms with van der Waals surface area (Å²) in [7, 11) is 1.59. The van der Waals surface area contributed by atoms with Crippen LogP contribution in [0.15, 0.2) is 76.0 Å². The Labute approximate surface area is 175 Å². The highest BCUT2D eigenvalue weighted by atomic mass is 32.2. The Morgan fingerprint density at radius 1 is 1.14 bits per heavy atom. The number of ether oxygens (including phenoxy) is 1. The standard InChI is InChI=1S/C21H17N3O3S2/c1-27-16-9-7-14(8-10-16)22-18(25)13-29-21-23-17-11-12-28-19(17)20(26)24(21)15-5-3-2-4-6-15/h2-12H,13H2,1H3,(H,22,25). The maximum absolute atomic E-state index is 13.0. The summed E-state index contributed by atoms with van der Waals surface area (Å²) in [6, 6.07) is 18.3. The minimum atomic E-state index is -0.181. The number of carbonyl (C=O) groups is 1. The second-order valence-electron chi connectivity index (χ2n) is 6.07. The van der Waals surface area contributed by atoms with Crippen molar-refractivity contribution < 1.29 is 9.53 Å². The first kappa shape index (κ1) is 19.2. The lowest BCUT2D eigenvalue weighted by molar-refractivity contribution is -0.113. The summed E-state index contributed by atoms with van der Waals surface area (Å²) in [5.41, 5.74) is 1.91. The van der Waals surface area contributed by atoms with Gasteiger partial charge in [0.15, 0.2) is 5.16 Å². The Morgan fingerprint density at radius 2 is 1.90 bits per heavy atom. The minimum Gasteiger partial charge on any atom is -0.497 e. The molecule has 0 aliphatic carbocycles. The molecule has 0 aliphatic heterocycles. The zero-order chi connectivity index (χ0) is 20.2. The van der Waals surface area contributed by atoms with Gasteiger partial charge in [0.25, 0.3) is 5.56 Å². The van der Waals surface area contributed by atoms with Crippen molar-refractivity contribution in [2.75, 3.05) is 18.2 Å². The van der Waals surface area contributed by atoms with Crippen molar-refractivity contribution in [3.8, 4) is 11.4 Å². The first-order chi connectivity index (χ1) is 14.2. The van der Waals surface area contributed by atoms with E-state index in [4.69, 9.17) is 4.74 Å². The summed E-state index contributed by atoms with van der Waals surface area (Å²) in [5.74, 6) is 0.665. The molecule has 0 radical (unpaired) electrons. The van der Waals surface area contributed by atoms with Crippen molar-refractivity contribution in [1.82, 2.24) is 9.55 Å². The topological polar surface area (TPSA) is 73.2 Å². The SMILES string of the molecule is COc1ccc(NC(=O)CSc2nc3ccsc3c(=O)n2-c2ccccc2)cc1. The Balaban J connectivity index is 1.58. The molecule has 0 fully saturated rings. The third-order valence-corrected chi connectivity index (χ3v) is 6.00. The molecule has 0 unspecified atom stereocenters. The quantitative estimate of drug-likeness (QED) is 0.372. The number of para-hydroxylation sites is 1. The summed E-state index contributed by atoms with van der Waals surface area (Å²) in [4.78, 5) is 30.0. The number of thiophene rings is 1. The molecule has 29 heavy (non-hydrogen) atoms. The molecule has 8 heteroatoms. The predicted octanol–water partition coefficient (Wildman–Crippen LogP) is 4.19.